The minimum Gasteiger partial charge on any atom is -0.372 e. The number of carbonyl (C=O) groups excluding carboxylic acids is 1. The zero-order chi connectivity index (χ0) is 14.4. The Morgan fingerprint density at radius 2 is 1.86 bits per heavy atom. The zero-order valence-corrected chi connectivity index (χ0v) is 15.0. The fourth-order valence-corrected chi connectivity index (χ4v) is 1.77. The van der Waals surface area contributed by atoms with Gasteiger partial charge < -0.3 is 15.5 Å². The Balaban J connectivity index is 0. The van der Waals surface area contributed by atoms with Gasteiger partial charge in [-0.3, -0.25) is 4.79 Å². The molecule has 4 nitrogen and oxygen atoms in total. The van der Waals surface area contributed by atoms with Crippen LogP contribution in [-0.2, 0) is 4.79 Å². The van der Waals surface area contributed by atoms with Crippen LogP contribution < -0.4 is 15.5 Å². The van der Waals surface area contributed by atoms with Crippen LogP contribution in [0.15, 0.2) is 24.3 Å². The molecule has 0 aliphatic heterocycles. The molecular weight excluding hydrogens is 309 g/mol. The van der Waals surface area contributed by atoms with Gasteiger partial charge in [0.2, 0.25) is 5.91 Å². The number of rotatable bonds is 6. The van der Waals surface area contributed by atoms with E-state index in [1.165, 1.54) is 0 Å². The van der Waals surface area contributed by atoms with Crippen LogP contribution in [0, 0.1) is 5.92 Å². The number of hydrogen-bond donors (Lipinski definition) is 2. The van der Waals surface area contributed by atoms with E-state index >= 15 is 0 Å². The van der Waals surface area contributed by atoms with E-state index in [1.807, 2.05) is 38.2 Å². The van der Waals surface area contributed by atoms with Crippen LogP contribution in [0.4, 0.5) is 11.4 Å². The van der Waals surface area contributed by atoms with Crippen molar-refractivity contribution in [3.05, 3.63) is 24.3 Å². The van der Waals surface area contributed by atoms with Crippen LogP contribution in [0.3, 0.4) is 0 Å². The molecule has 2 N–H and O–H groups in total. The molecule has 0 aliphatic carbocycles. The fourth-order valence-electron chi connectivity index (χ4n) is 1.77. The summed E-state index contributed by atoms with van der Waals surface area (Å²) in [5.74, 6) is -0.00446. The number of carbonyl (C=O) groups is 1. The summed E-state index contributed by atoms with van der Waals surface area (Å²) in [5, 5.41) is 5.96. The first-order chi connectivity index (χ1) is 8.95. The molecule has 0 heterocycles. The first-order valence-electron chi connectivity index (χ1n) is 6.74. The standard InChI is InChI=1S/C15H25N3O.2ClH/c1-11(2)18(5)14-8-6-7-13(9-14)17-15(19)12(3)10-16-4;;/h6-9,11-12,16H,10H2,1-5H3,(H,17,19);2*1H. The third-order valence-corrected chi connectivity index (χ3v) is 3.25. The second-order valence-electron chi connectivity index (χ2n) is 5.20. The summed E-state index contributed by atoms with van der Waals surface area (Å²) < 4.78 is 0. The van der Waals surface area contributed by atoms with E-state index in [2.05, 4.69) is 36.4 Å². The van der Waals surface area contributed by atoms with Crippen molar-refractivity contribution in [3.63, 3.8) is 0 Å². The van der Waals surface area contributed by atoms with Crippen molar-refractivity contribution < 1.29 is 4.79 Å². The molecule has 21 heavy (non-hydrogen) atoms. The predicted octanol–water partition coefficient (Wildman–Crippen LogP) is 3.17. The molecule has 1 rings (SSSR count). The first-order valence-corrected chi connectivity index (χ1v) is 6.74. The Kier molecular flexibility index (Phi) is 11.4. The van der Waals surface area contributed by atoms with Gasteiger partial charge in [-0.15, -0.1) is 24.8 Å². The predicted molar refractivity (Wildman–Crippen MR) is 96.2 cm³/mol. The van der Waals surface area contributed by atoms with Crippen molar-refractivity contribution in [2.75, 3.05) is 30.9 Å². The Morgan fingerprint density at radius 3 is 2.38 bits per heavy atom. The second-order valence-corrected chi connectivity index (χ2v) is 5.20. The zero-order valence-electron chi connectivity index (χ0n) is 13.3. The van der Waals surface area contributed by atoms with Crippen molar-refractivity contribution in [3.8, 4) is 0 Å². The van der Waals surface area contributed by atoms with E-state index in [9.17, 15) is 4.79 Å². The Labute approximate surface area is 140 Å². The normalized spacial score (nSPS) is 11.1. The maximum Gasteiger partial charge on any atom is 0.228 e. The maximum atomic E-state index is 12.0. The molecule has 0 aliphatic rings. The molecule has 1 amide bonds. The molecule has 0 saturated heterocycles. The molecule has 1 atom stereocenters. The van der Waals surface area contributed by atoms with Gasteiger partial charge >= 0.3 is 0 Å². The molecule has 0 bridgehead atoms. The number of nitrogens with one attached hydrogen (secondary N) is 2. The molecule has 1 aromatic rings. The SMILES string of the molecule is CNCC(C)C(=O)Nc1cccc(N(C)C(C)C)c1.Cl.Cl. The number of hydrogen-bond acceptors (Lipinski definition) is 3. The van der Waals surface area contributed by atoms with Gasteiger partial charge in [-0.25, -0.2) is 0 Å². The lowest BCUT2D eigenvalue weighted by Gasteiger charge is -2.24. The lowest BCUT2D eigenvalue weighted by Crippen LogP contribution is -2.29. The minimum atomic E-state index is -0.0449. The highest BCUT2D eigenvalue weighted by Crippen LogP contribution is 2.20. The topological polar surface area (TPSA) is 44.4 Å². The average molecular weight is 336 g/mol. The van der Waals surface area contributed by atoms with Gasteiger partial charge in [0.25, 0.3) is 0 Å². The van der Waals surface area contributed by atoms with Crippen molar-refractivity contribution >= 4 is 42.1 Å². The third-order valence-electron chi connectivity index (χ3n) is 3.25. The van der Waals surface area contributed by atoms with Crippen LogP contribution in [0.1, 0.15) is 20.8 Å². The average Bonchev–Trinajstić information content (AvgIpc) is 2.38. The molecule has 0 saturated carbocycles. The van der Waals surface area contributed by atoms with Gasteiger partial charge in [0.05, 0.1) is 0 Å². The molecule has 0 fully saturated rings. The molecule has 1 unspecified atom stereocenters. The van der Waals surface area contributed by atoms with Crippen molar-refractivity contribution in [2.45, 2.75) is 26.8 Å². The summed E-state index contributed by atoms with van der Waals surface area (Å²) in [4.78, 5) is 14.1. The number of benzene rings is 1. The van der Waals surface area contributed by atoms with E-state index in [-0.39, 0.29) is 36.6 Å². The summed E-state index contributed by atoms with van der Waals surface area (Å²) in [6.45, 7) is 6.87. The summed E-state index contributed by atoms with van der Waals surface area (Å²) in [6.07, 6.45) is 0. The number of nitrogens with zero attached hydrogens (tertiary/aromatic N) is 1. The van der Waals surface area contributed by atoms with Crippen LogP contribution in [-0.4, -0.2) is 32.6 Å². The highest BCUT2D eigenvalue weighted by Gasteiger charge is 2.12. The fraction of sp³-hybridized carbons (Fsp3) is 0.533. The summed E-state index contributed by atoms with van der Waals surface area (Å²) in [6, 6.07) is 8.36. The third kappa shape index (κ3) is 7.02. The molecule has 1 aromatic carbocycles. The quantitative estimate of drug-likeness (QED) is 0.839. The largest absolute Gasteiger partial charge is 0.372 e. The number of halogens is 2. The van der Waals surface area contributed by atoms with E-state index < -0.39 is 0 Å². The van der Waals surface area contributed by atoms with E-state index in [4.69, 9.17) is 0 Å². The van der Waals surface area contributed by atoms with Gasteiger partial charge in [0.15, 0.2) is 0 Å². The monoisotopic (exact) mass is 335 g/mol. The van der Waals surface area contributed by atoms with Crippen molar-refractivity contribution in [2.24, 2.45) is 5.92 Å². The first kappa shape index (κ1) is 22.3. The van der Waals surface area contributed by atoms with Crippen molar-refractivity contribution in [1.29, 1.82) is 0 Å². The summed E-state index contributed by atoms with van der Waals surface area (Å²) >= 11 is 0. The minimum absolute atomic E-state index is 0. The highest BCUT2D eigenvalue weighted by atomic mass is 35.5. The number of amides is 1. The van der Waals surface area contributed by atoms with Gasteiger partial charge in [-0.1, -0.05) is 13.0 Å². The Bertz CT molecular complexity index is 427. The van der Waals surface area contributed by atoms with Gasteiger partial charge in [0.1, 0.15) is 0 Å². The second kappa shape index (κ2) is 10.7. The highest BCUT2D eigenvalue weighted by molar-refractivity contribution is 5.92. The molecule has 0 aromatic heterocycles. The molecular formula is C15H27Cl2N3O. The lowest BCUT2D eigenvalue weighted by atomic mass is 10.1. The van der Waals surface area contributed by atoms with E-state index in [0.717, 1.165) is 11.4 Å². The lowest BCUT2D eigenvalue weighted by molar-refractivity contribution is -0.119. The van der Waals surface area contributed by atoms with Crippen LogP contribution in [0.2, 0.25) is 0 Å². The molecule has 0 spiro atoms. The Morgan fingerprint density at radius 1 is 1.24 bits per heavy atom. The van der Waals surface area contributed by atoms with Crippen molar-refractivity contribution in [1.82, 2.24) is 5.32 Å². The van der Waals surface area contributed by atoms with Gasteiger partial charge in [-0.05, 0) is 39.1 Å². The van der Waals surface area contributed by atoms with E-state index in [0.29, 0.717) is 12.6 Å². The maximum absolute atomic E-state index is 12.0. The van der Waals surface area contributed by atoms with Crippen LogP contribution in [0.25, 0.3) is 0 Å². The Hall–Kier alpha value is -0.970. The summed E-state index contributed by atoms with van der Waals surface area (Å²) in [7, 11) is 3.90. The van der Waals surface area contributed by atoms with Crippen LogP contribution >= 0.6 is 24.8 Å². The molecule has 0 radical (unpaired) electrons. The number of anilines is 2. The van der Waals surface area contributed by atoms with Gasteiger partial charge in [0, 0.05) is 36.9 Å². The molecule has 122 valence electrons. The van der Waals surface area contributed by atoms with Crippen LogP contribution in [0.5, 0.6) is 0 Å². The summed E-state index contributed by atoms with van der Waals surface area (Å²) in [5.41, 5.74) is 1.95. The smallest absolute Gasteiger partial charge is 0.228 e. The molecule has 6 heteroatoms. The van der Waals surface area contributed by atoms with Gasteiger partial charge in [-0.2, -0.15) is 0 Å². The van der Waals surface area contributed by atoms with E-state index in [1.54, 1.807) is 0 Å².